The third kappa shape index (κ3) is 2.54. The van der Waals surface area contributed by atoms with Gasteiger partial charge in [0.1, 0.15) is 0 Å². The lowest BCUT2D eigenvalue weighted by atomic mass is 9.96. The second kappa shape index (κ2) is 5.59. The Hall–Kier alpha value is -0.940. The first-order chi connectivity index (χ1) is 9.27. The number of aromatic nitrogens is 3. The van der Waals surface area contributed by atoms with Crippen molar-refractivity contribution in [3.05, 3.63) is 22.3 Å². The number of hydrogen-bond acceptors (Lipinski definition) is 3. The van der Waals surface area contributed by atoms with Gasteiger partial charge in [0.2, 0.25) is 0 Å². The van der Waals surface area contributed by atoms with Gasteiger partial charge < -0.3 is 0 Å². The highest BCUT2D eigenvalue weighted by Crippen LogP contribution is 2.36. The zero-order valence-corrected chi connectivity index (χ0v) is 12.8. The van der Waals surface area contributed by atoms with Gasteiger partial charge in [-0.25, -0.2) is 0 Å². The molecule has 0 aromatic carbocycles. The van der Waals surface area contributed by atoms with Crippen LogP contribution in [0.15, 0.2) is 17.5 Å². The van der Waals surface area contributed by atoms with Crippen LogP contribution in [0.3, 0.4) is 0 Å². The molecule has 2 aromatic rings. The molecule has 0 radical (unpaired) electrons. The first-order valence-electron chi connectivity index (χ1n) is 6.98. The molecule has 0 amide bonds. The van der Waals surface area contributed by atoms with E-state index in [9.17, 15) is 0 Å². The Morgan fingerprint density at radius 2 is 2.21 bits per heavy atom. The molecular formula is C14H19N3S2. The molecule has 2 aromatic heterocycles. The molecule has 2 heterocycles. The Kier molecular flexibility index (Phi) is 3.84. The molecule has 3 rings (SSSR count). The van der Waals surface area contributed by atoms with Crippen molar-refractivity contribution in [3.63, 3.8) is 0 Å². The van der Waals surface area contributed by atoms with Crippen molar-refractivity contribution in [1.82, 2.24) is 14.8 Å². The lowest BCUT2D eigenvalue weighted by molar-refractivity contribution is 0.333. The van der Waals surface area contributed by atoms with E-state index in [-0.39, 0.29) is 0 Å². The zero-order chi connectivity index (χ0) is 13.2. The number of rotatable bonds is 2. The molecule has 3 nitrogen and oxygen atoms in total. The summed E-state index contributed by atoms with van der Waals surface area (Å²) in [5, 5.41) is 9.53. The highest BCUT2D eigenvalue weighted by Gasteiger charge is 2.25. The monoisotopic (exact) mass is 293 g/mol. The second-order valence-corrected chi connectivity index (χ2v) is 6.72. The Morgan fingerprint density at radius 3 is 3.00 bits per heavy atom. The number of hydrogen-bond donors (Lipinski definition) is 1. The summed E-state index contributed by atoms with van der Waals surface area (Å²) in [5.41, 5.74) is 0. The van der Waals surface area contributed by atoms with Gasteiger partial charge in [0, 0.05) is 6.04 Å². The fourth-order valence-electron chi connectivity index (χ4n) is 3.05. The minimum atomic E-state index is 0.492. The molecule has 0 spiro atoms. The summed E-state index contributed by atoms with van der Waals surface area (Å²) >= 11 is 7.20. The van der Waals surface area contributed by atoms with E-state index >= 15 is 0 Å². The van der Waals surface area contributed by atoms with Crippen molar-refractivity contribution in [2.45, 2.75) is 45.1 Å². The first kappa shape index (κ1) is 13.1. The van der Waals surface area contributed by atoms with Gasteiger partial charge in [-0.2, -0.15) is 5.10 Å². The minimum absolute atomic E-state index is 0.492. The van der Waals surface area contributed by atoms with Crippen LogP contribution in [0.25, 0.3) is 10.7 Å². The van der Waals surface area contributed by atoms with Crippen LogP contribution < -0.4 is 0 Å². The predicted octanol–water partition coefficient (Wildman–Crippen LogP) is 4.81. The van der Waals surface area contributed by atoms with Gasteiger partial charge >= 0.3 is 0 Å². The number of aromatic amines is 1. The molecule has 5 heteroatoms. The maximum Gasteiger partial charge on any atom is 0.195 e. The van der Waals surface area contributed by atoms with Gasteiger partial charge in [0.15, 0.2) is 10.6 Å². The molecule has 1 saturated carbocycles. The molecule has 0 aliphatic heterocycles. The summed E-state index contributed by atoms with van der Waals surface area (Å²) in [7, 11) is 0. The van der Waals surface area contributed by atoms with Gasteiger partial charge in [-0.1, -0.05) is 32.3 Å². The second-order valence-electron chi connectivity index (χ2n) is 5.38. The van der Waals surface area contributed by atoms with E-state index in [0.29, 0.717) is 12.0 Å². The van der Waals surface area contributed by atoms with Gasteiger partial charge in [-0.15, -0.1) is 11.3 Å². The fourth-order valence-corrected chi connectivity index (χ4v) is 4.03. The third-order valence-electron chi connectivity index (χ3n) is 4.09. The van der Waals surface area contributed by atoms with Crippen molar-refractivity contribution in [1.29, 1.82) is 0 Å². The van der Waals surface area contributed by atoms with Crippen LogP contribution in [-0.2, 0) is 0 Å². The Bertz CT molecular complexity index is 582. The summed E-state index contributed by atoms with van der Waals surface area (Å²) in [5.74, 6) is 1.68. The Balaban J connectivity index is 2.04. The lowest BCUT2D eigenvalue weighted by Crippen LogP contribution is -2.17. The van der Waals surface area contributed by atoms with E-state index in [4.69, 9.17) is 12.2 Å². The van der Waals surface area contributed by atoms with E-state index in [1.54, 1.807) is 11.3 Å². The van der Waals surface area contributed by atoms with Crippen LogP contribution in [0.1, 0.15) is 45.1 Å². The summed E-state index contributed by atoms with van der Waals surface area (Å²) in [6, 6.07) is 4.68. The van der Waals surface area contributed by atoms with Crippen LogP contribution in [0.5, 0.6) is 0 Å². The van der Waals surface area contributed by atoms with Crippen LogP contribution in [0, 0.1) is 10.7 Å². The maximum absolute atomic E-state index is 5.47. The van der Waals surface area contributed by atoms with E-state index in [1.165, 1.54) is 37.0 Å². The van der Waals surface area contributed by atoms with Crippen molar-refractivity contribution in [3.8, 4) is 10.7 Å². The molecule has 1 aliphatic rings. The quantitative estimate of drug-likeness (QED) is 0.636. The Morgan fingerprint density at radius 1 is 1.37 bits per heavy atom. The molecule has 0 saturated heterocycles. The third-order valence-corrected chi connectivity index (χ3v) is 5.25. The molecule has 1 fully saturated rings. The van der Waals surface area contributed by atoms with E-state index in [1.807, 2.05) is 0 Å². The molecule has 1 aliphatic carbocycles. The van der Waals surface area contributed by atoms with Gasteiger partial charge in [-0.05, 0) is 42.4 Å². The smallest absolute Gasteiger partial charge is 0.195 e. The van der Waals surface area contributed by atoms with E-state index in [0.717, 1.165) is 10.6 Å². The highest BCUT2D eigenvalue weighted by atomic mass is 32.1. The van der Waals surface area contributed by atoms with E-state index in [2.05, 4.69) is 39.2 Å². The summed E-state index contributed by atoms with van der Waals surface area (Å²) in [6.45, 7) is 2.35. The van der Waals surface area contributed by atoms with Crippen molar-refractivity contribution in [2.24, 2.45) is 5.92 Å². The molecule has 1 N–H and O–H groups in total. The molecule has 102 valence electrons. The summed E-state index contributed by atoms with van der Waals surface area (Å²) in [6.07, 6.45) is 6.50. The van der Waals surface area contributed by atoms with Crippen molar-refractivity contribution >= 4 is 23.6 Å². The van der Waals surface area contributed by atoms with Gasteiger partial charge in [0.05, 0.1) is 4.88 Å². The Labute approximate surface area is 122 Å². The lowest BCUT2D eigenvalue weighted by Gasteiger charge is -2.24. The van der Waals surface area contributed by atoms with Gasteiger partial charge in [0.25, 0.3) is 0 Å². The maximum atomic E-state index is 5.47. The van der Waals surface area contributed by atoms with Gasteiger partial charge in [-0.3, -0.25) is 9.67 Å². The molecular weight excluding hydrogens is 274 g/mol. The molecule has 2 atom stereocenters. The minimum Gasteiger partial charge on any atom is -0.296 e. The zero-order valence-electron chi connectivity index (χ0n) is 11.1. The topological polar surface area (TPSA) is 33.6 Å². The molecule has 19 heavy (non-hydrogen) atoms. The van der Waals surface area contributed by atoms with Crippen LogP contribution in [0.2, 0.25) is 0 Å². The average molecular weight is 293 g/mol. The normalized spacial score (nSPS) is 24.3. The molecule has 2 unspecified atom stereocenters. The average Bonchev–Trinajstić information content (AvgIpc) is 2.99. The van der Waals surface area contributed by atoms with Crippen molar-refractivity contribution < 1.29 is 0 Å². The first-order valence-corrected chi connectivity index (χ1v) is 8.27. The number of nitrogens with one attached hydrogen (secondary N) is 1. The number of nitrogens with zero attached hydrogens (tertiary/aromatic N) is 2. The number of thiophene rings is 1. The van der Waals surface area contributed by atoms with Crippen molar-refractivity contribution in [2.75, 3.05) is 0 Å². The van der Waals surface area contributed by atoms with Crippen LogP contribution >= 0.6 is 23.6 Å². The SMILES string of the molecule is CC1CCCCCC1n1c(-c2cccs2)n[nH]c1=S. The number of H-pyrrole nitrogens is 1. The standard InChI is InChI=1S/C14H19N3S2/c1-10-6-3-2-4-7-11(10)17-13(15-16-14(17)18)12-8-5-9-19-12/h5,8-11H,2-4,6-7H2,1H3,(H,16,18). The summed E-state index contributed by atoms with van der Waals surface area (Å²) in [4.78, 5) is 1.20. The predicted molar refractivity (Wildman–Crippen MR) is 82.0 cm³/mol. The van der Waals surface area contributed by atoms with E-state index < -0.39 is 0 Å². The largest absolute Gasteiger partial charge is 0.296 e. The molecule has 0 bridgehead atoms. The summed E-state index contributed by atoms with van der Waals surface area (Å²) < 4.78 is 3.03. The highest BCUT2D eigenvalue weighted by molar-refractivity contribution is 7.71. The van der Waals surface area contributed by atoms with Crippen LogP contribution in [-0.4, -0.2) is 14.8 Å². The van der Waals surface area contributed by atoms with Crippen LogP contribution in [0.4, 0.5) is 0 Å². The fraction of sp³-hybridized carbons (Fsp3) is 0.571.